The second-order valence-corrected chi connectivity index (χ2v) is 6.18. The van der Waals surface area contributed by atoms with Gasteiger partial charge in [0, 0.05) is 31.1 Å². The van der Waals surface area contributed by atoms with Crippen molar-refractivity contribution >= 4 is 17.5 Å². The molecule has 136 valence electrons. The predicted octanol–water partition coefficient (Wildman–Crippen LogP) is 2.49. The average molecular weight is 354 g/mol. The second-order valence-electron chi connectivity index (χ2n) is 6.18. The van der Waals surface area contributed by atoms with E-state index in [0.717, 1.165) is 11.4 Å². The van der Waals surface area contributed by atoms with Crippen LogP contribution in [0.25, 0.3) is 0 Å². The lowest BCUT2D eigenvalue weighted by Gasteiger charge is -2.17. The number of nitrogens with one attached hydrogen (secondary N) is 1. The Kier molecular flexibility index (Phi) is 5.41. The van der Waals surface area contributed by atoms with Crippen LogP contribution in [0.2, 0.25) is 0 Å². The molecular formula is C20H22N2O4. The number of benzene rings is 2. The number of methoxy groups -OCH3 is 2. The van der Waals surface area contributed by atoms with Crippen molar-refractivity contribution in [1.82, 2.24) is 5.32 Å². The van der Waals surface area contributed by atoms with E-state index in [1.807, 2.05) is 30.3 Å². The third-order valence-electron chi connectivity index (χ3n) is 4.49. The molecule has 1 fully saturated rings. The molecule has 1 N–H and O–H groups in total. The van der Waals surface area contributed by atoms with Crippen LogP contribution >= 0.6 is 0 Å². The summed E-state index contributed by atoms with van der Waals surface area (Å²) in [6, 6.07) is 14.5. The van der Waals surface area contributed by atoms with Crippen molar-refractivity contribution < 1.29 is 19.1 Å². The Labute approximate surface area is 152 Å². The Bertz CT molecular complexity index is 789. The first-order valence-corrected chi connectivity index (χ1v) is 8.48. The van der Waals surface area contributed by atoms with Crippen molar-refractivity contribution in [2.75, 3.05) is 32.2 Å². The maximum atomic E-state index is 12.4. The molecule has 0 radical (unpaired) electrons. The molecule has 0 aromatic heterocycles. The van der Waals surface area contributed by atoms with Crippen LogP contribution in [-0.4, -0.2) is 39.1 Å². The lowest BCUT2D eigenvalue weighted by molar-refractivity contribution is -0.117. The van der Waals surface area contributed by atoms with Crippen molar-refractivity contribution in [2.45, 2.75) is 6.42 Å². The van der Waals surface area contributed by atoms with E-state index in [4.69, 9.17) is 9.47 Å². The number of carbonyl (C=O) groups excluding carboxylic acids is 2. The molecule has 1 aliphatic rings. The Morgan fingerprint density at radius 3 is 2.54 bits per heavy atom. The summed E-state index contributed by atoms with van der Waals surface area (Å²) in [7, 11) is 3.14. The van der Waals surface area contributed by atoms with Crippen molar-refractivity contribution in [3.63, 3.8) is 0 Å². The van der Waals surface area contributed by atoms with Crippen LogP contribution in [0, 0.1) is 5.92 Å². The number of ether oxygens (including phenoxy) is 2. The molecule has 0 spiro atoms. The summed E-state index contributed by atoms with van der Waals surface area (Å²) >= 11 is 0. The number of amides is 2. The highest BCUT2D eigenvalue weighted by Crippen LogP contribution is 2.26. The number of hydrogen-bond donors (Lipinski definition) is 1. The molecule has 1 unspecified atom stereocenters. The lowest BCUT2D eigenvalue weighted by Crippen LogP contribution is -2.31. The fourth-order valence-corrected chi connectivity index (χ4v) is 3.09. The normalized spacial score (nSPS) is 16.5. The van der Waals surface area contributed by atoms with Gasteiger partial charge in [-0.05, 0) is 36.4 Å². The van der Waals surface area contributed by atoms with Crippen LogP contribution in [0.1, 0.15) is 16.8 Å². The quantitative estimate of drug-likeness (QED) is 0.865. The monoisotopic (exact) mass is 354 g/mol. The van der Waals surface area contributed by atoms with Crippen LogP contribution in [0.3, 0.4) is 0 Å². The van der Waals surface area contributed by atoms with Gasteiger partial charge in [-0.25, -0.2) is 0 Å². The average Bonchev–Trinajstić information content (AvgIpc) is 3.06. The number of nitrogens with zero attached hydrogens (tertiary/aromatic N) is 1. The van der Waals surface area contributed by atoms with Gasteiger partial charge in [-0.1, -0.05) is 12.1 Å². The van der Waals surface area contributed by atoms with Gasteiger partial charge in [0.25, 0.3) is 5.91 Å². The Morgan fingerprint density at radius 1 is 1.12 bits per heavy atom. The minimum Gasteiger partial charge on any atom is -0.497 e. The standard InChI is InChI=1S/C20H22N2O4/c1-25-16-9-7-15(8-10-16)22-13-14(11-19(22)23)12-21-20(24)17-5-3-4-6-18(17)26-2/h3-10,14H,11-13H2,1-2H3,(H,21,24). The fraction of sp³-hybridized carbons (Fsp3) is 0.300. The molecule has 0 aliphatic carbocycles. The zero-order valence-electron chi connectivity index (χ0n) is 14.9. The zero-order chi connectivity index (χ0) is 18.5. The van der Waals surface area contributed by atoms with E-state index in [1.165, 1.54) is 7.11 Å². The molecule has 6 nitrogen and oxygen atoms in total. The molecule has 1 saturated heterocycles. The fourth-order valence-electron chi connectivity index (χ4n) is 3.09. The van der Waals surface area contributed by atoms with E-state index in [1.54, 1.807) is 30.2 Å². The Balaban J connectivity index is 1.59. The van der Waals surface area contributed by atoms with Crippen molar-refractivity contribution in [3.05, 3.63) is 54.1 Å². The van der Waals surface area contributed by atoms with Crippen LogP contribution in [0.15, 0.2) is 48.5 Å². The smallest absolute Gasteiger partial charge is 0.255 e. The van der Waals surface area contributed by atoms with Crippen molar-refractivity contribution in [1.29, 1.82) is 0 Å². The number of hydrogen-bond acceptors (Lipinski definition) is 4. The van der Waals surface area contributed by atoms with Crippen molar-refractivity contribution in [2.24, 2.45) is 5.92 Å². The lowest BCUT2D eigenvalue weighted by atomic mass is 10.1. The third-order valence-corrected chi connectivity index (χ3v) is 4.49. The van der Waals surface area contributed by atoms with E-state index >= 15 is 0 Å². The minimum atomic E-state index is -0.196. The highest BCUT2D eigenvalue weighted by molar-refractivity contribution is 5.97. The number of para-hydroxylation sites is 1. The van der Waals surface area contributed by atoms with Gasteiger partial charge in [0.15, 0.2) is 0 Å². The molecule has 2 aromatic rings. The molecule has 0 bridgehead atoms. The summed E-state index contributed by atoms with van der Waals surface area (Å²) in [6.45, 7) is 1.02. The van der Waals surface area contributed by atoms with Gasteiger partial charge in [-0.15, -0.1) is 0 Å². The van der Waals surface area contributed by atoms with Crippen LogP contribution in [-0.2, 0) is 4.79 Å². The summed E-state index contributed by atoms with van der Waals surface area (Å²) in [4.78, 5) is 26.4. The largest absolute Gasteiger partial charge is 0.497 e. The number of rotatable bonds is 6. The molecular weight excluding hydrogens is 332 g/mol. The van der Waals surface area contributed by atoms with Crippen LogP contribution in [0.5, 0.6) is 11.5 Å². The number of carbonyl (C=O) groups is 2. The van der Waals surface area contributed by atoms with Gasteiger partial charge in [-0.2, -0.15) is 0 Å². The summed E-state index contributed by atoms with van der Waals surface area (Å²) in [5.41, 5.74) is 1.33. The van der Waals surface area contributed by atoms with E-state index in [-0.39, 0.29) is 17.7 Å². The van der Waals surface area contributed by atoms with Gasteiger partial charge in [0.05, 0.1) is 19.8 Å². The first-order chi connectivity index (χ1) is 12.6. The summed E-state index contributed by atoms with van der Waals surface area (Å²) in [5, 5.41) is 2.91. The Morgan fingerprint density at radius 2 is 1.85 bits per heavy atom. The predicted molar refractivity (Wildman–Crippen MR) is 98.8 cm³/mol. The SMILES string of the molecule is COc1ccc(N2CC(CNC(=O)c3ccccc3OC)CC2=O)cc1. The Hall–Kier alpha value is -3.02. The molecule has 1 aliphatic heterocycles. The molecule has 1 heterocycles. The highest BCUT2D eigenvalue weighted by atomic mass is 16.5. The summed E-state index contributed by atoms with van der Waals surface area (Å²) < 4.78 is 10.4. The molecule has 3 rings (SSSR count). The molecule has 1 atom stereocenters. The molecule has 2 aromatic carbocycles. The molecule has 0 saturated carbocycles. The van der Waals surface area contributed by atoms with Crippen molar-refractivity contribution in [3.8, 4) is 11.5 Å². The summed E-state index contributed by atoms with van der Waals surface area (Å²) in [6.07, 6.45) is 0.415. The van der Waals surface area contributed by atoms with E-state index in [9.17, 15) is 9.59 Å². The van der Waals surface area contributed by atoms with E-state index in [0.29, 0.717) is 30.8 Å². The zero-order valence-corrected chi connectivity index (χ0v) is 14.9. The van der Waals surface area contributed by atoms with Gasteiger partial charge in [-0.3, -0.25) is 9.59 Å². The van der Waals surface area contributed by atoms with E-state index in [2.05, 4.69) is 5.32 Å². The minimum absolute atomic E-state index is 0.0618. The third kappa shape index (κ3) is 3.79. The van der Waals surface area contributed by atoms with Crippen LogP contribution in [0.4, 0.5) is 5.69 Å². The number of anilines is 1. The van der Waals surface area contributed by atoms with Gasteiger partial charge in [0.2, 0.25) is 5.91 Å². The molecule has 26 heavy (non-hydrogen) atoms. The van der Waals surface area contributed by atoms with Gasteiger partial charge in [0.1, 0.15) is 11.5 Å². The van der Waals surface area contributed by atoms with Gasteiger partial charge < -0.3 is 19.7 Å². The molecule has 6 heteroatoms. The topological polar surface area (TPSA) is 67.9 Å². The van der Waals surface area contributed by atoms with E-state index < -0.39 is 0 Å². The first-order valence-electron chi connectivity index (χ1n) is 8.48. The van der Waals surface area contributed by atoms with Gasteiger partial charge >= 0.3 is 0 Å². The highest BCUT2D eigenvalue weighted by Gasteiger charge is 2.31. The first kappa shape index (κ1) is 17.8. The van der Waals surface area contributed by atoms with Crippen LogP contribution < -0.4 is 19.7 Å². The molecule has 2 amide bonds. The maximum Gasteiger partial charge on any atom is 0.255 e. The maximum absolute atomic E-state index is 12.4. The summed E-state index contributed by atoms with van der Waals surface area (Å²) in [5.74, 6) is 1.22. The second kappa shape index (κ2) is 7.91.